The Morgan fingerprint density at radius 3 is 2.67 bits per heavy atom. The summed E-state index contributed by atoms with van der Waals surface area (Å²) < 4.78 is 13.7. The van der Waals surface area contributed by atoms with E-state index in [1.807, 2.05) is 20.8 Å². The van der Waals surface area contributed by atoms with Crippen LogP contribution in [0.5, 0.6) is 0 Å². The van der Waals surface area contributed by atoms with Gasteiger partial charge in [0.15, 0.2) is 0 Å². The Morgan fingerprint density at radius 2 is 2.06 bits per heavy atom. The SMILES string of the molecule is CCc1nc(=S)c(C)c(-c2ccc(F)cc2C)[nH]1. The summed E-state index contributed by atoms with van der Waals surface area (Å²) in [5, 5.41) is 0. The molecule has 1 aromatic heterocycles. The van der Waals surface area contributed by atoms with Crippen LogP contribution < -0.4 is 0 Å². The molecule has 0 saturated carbocycles. The van der Waals surface area contributed by atoms with Crippen molar-refractivity contribution in [3.05, 3.63) is 45.6 Å². The van der Waals surface area contributed by atoms with Gasteiger partial charge in [0, 0.05) is 17.5 Å². The van der Waals surface area contributed by atoms with Crippen molar-refractivity contribution in [2.75, 3.05) is 0 Å². The summed E-state index contributed by atoms with van der Waals surface area (Å²) in [5.74, 6) is 0.626. The summed E-state index contributed by atoms with van der Waals surface area (Å²) in [6.45, 7) is 5.84. The number of hydrogen-bond acceptors (Lipinski definition) is 2. The first-order valence-corrected chi connectivity index (χ1v) is 6.30. The Hall–Kier alpha value is -1.55. The van der Waals surface area contributed by atoms with E-state index in [9.17, 15) is 4.39 Å². The van der Waals surface area contributed by atoms with Gasteiger partial charge in [0.1, 0.15) is 16.3 Å². The number of benzene rings is 1. The van der Waals surface area contributed by atoms with Gasteiger partial charge in [-0.15, -0.1) is 0 Å². The molecule has 0 fully saturated rings. The van der Waals surface area contributed by atoms with Gasteiger partial charge in [0.25, 0.3) is 0 Å². The number of nitrogens with one attached hydrogen (secondary N) is 1. The summed E-state index contributed by atoms with van der Waals surface area (Å²) >= 11 is 5.26. The molecule has 0 atom stereocenters. The molecule has 18 heavy (non-hydrogen) atoms. The van der Waals surface area contributed by atoms with Crippen molar-refractivity contribution in [2.45, 2.75) is 27.2 Å². The Bertz CT molecular complexity index is 647. The topological polar surface area (TPSA) is 28.7 Å². The number of H-pyrrole nitrogens is 1. The third-order valence-corrected chi connectivity index (χ3v) is 3.39. The lowest BCUT2D eigenvalue weighted by Crippen LogP contribution is -2.00. The van der Waals surface area contributed by atoms with E-state index in [2.05, 4.69) is 9.97 Å². The molecule has 1 N–H and O–H groups in total. The van der Waals surface area contributed by atoms with Crippen molar-refractivity contribution in [3.63, 3.8) is 0 Å². The minimum atomic E-state index is -0.225. The Balaban J connectivity index is 2.70. The maximum absolute atomic E-state index is 13.1. The average molecular weight is 262 g/mol. The molecule has 0 spiro atoms. The third kappa shape index (κ3) is 2.34. The minimum absolute atomic E-state index is 0.225. The molecule has 0 aliphatic carbocycles. The largest absolute Gasteiger partial charge is 0.343 e. The van der Waals surface area contributed by atoms with E-state index in [-0.39, 0.29) is 5.82 Å². The molecule has 2 rings (SSSR count). The zero-order chi connectivity index (χ0) is 13.3. The van der Waals surface area contributed by atoms with Crippen LogP contribution in [0.4, 0.5) is 4.39 Å². The first-order valence-electron chi connectivity index (χ1n) is 5.89. The van der Waals surface area contributed by atoms with Crippen molar-refractivity contribution in [1.82, 2.24) is 9.97 Å². The van der Waals surface area contributed by atoms with Crippen LogP contribution >= 0.6 is 12.2 Å². The van der Waals surface area contributed by atoms with Crippen LogP contribution in [-0.2, 0) is 6.42 Å². The highest BCUT2D eigenvalue weighted by atomic mass is 32.1. The number of aromatic nitrogens is 2. The van der Waals surface area contributed by atoms with E-state index >= 15 is 0 Å². The van der Waals surface area contributed by atoms with Crippen LogP contribution in [-0.4, -0.2) is 9.97 Å². The molecule has 1 aromatic carbocycles. The normalized spacial score (nSPS) is 10.7. The first kappa shape index (κ1) is 12.9. The van der Waals surface area contributed by atoms with Gasteiger partial charge >= 0.3 is 0 Å². The number of hydrogen-bond donors (Lipinski definition) is 1. The molecule has 0 bridgehead atoms. The van der Waals surface area contributed by atoms with Gasteiger partial charge in [-0.25, -0.2) is 9.37 Å². The van der Waals surface area contributed by atoms with Crippen molar-refractivity contribution in [1.29, 1.82) is 0 Å². The first-order chi connectivity index (χ1) is 8.52. The summed E-state index contributed by atoms with van der Waals surface area (Å²) in [4.78, 5) is 7.59. The summed E-state index contributed by atoms with van der Waals surface area (Å²) in [7, 11) is 0. The third-order valence-electron chi connectivity index (χ3n) is 2.99. The second kappa shape index (κ2) is 4.98. The van der Waals surface area contributed by atoms with Crippen LogP contribution in [0.15, 0.2) is 18.2 Å². The van der Waals surface area contributed by atoms with Gasteiger partial charge < -0.3 is 4.98 Å². The zero-order valence-electron chi connectivity index (χ0n) is 10.7. The standard InChI is InChI=1S/C14H15FN2S/c1-4-12-16-13(9(3)14(18)17-12)11-6-5-10(15)7-8(11)2/h5-7H,4H2,1-3H3,(H,16,17,18). The van der Waals surface area contributed by atoms with E-state index < -0.39 is 0 Å². The van der Waals surface area contributed by atoms with E-state index in [1.165, 1.54) is 12.1 Å². The fourth-order valence-corrected chi connectivity index (χ4v) is 2.14. The molecule has 0 aliphatic rings. The van der Waals surface area contributed by atoms with Crippen molar-refractivity contribution >= 4 is 12.2 Å². The van der Waals surface area contributed by atoms with Crippen LogP contribution in [0, 0.1) is 24.3 Å². The molecule has 4 heteroatoms. The van der Waals surface area contributed by atoms with Crippen molar-refractivity contribution in [3.8, 4) is 11.3 Å². The van der Waals surface area contributed by atoms with Gasteiger partial charge in [-0.05, 0) is 37.6 Å². The fraction of sp³-hybridized carbons (Fsp3) is 0.286. The molecule has 2 nitrogen and oxygen atoms in total. The highest BCUT2D eigenvalue weighted by Gasteiger charge is 2.09. The molecule has 1 heterocycles. The Morgan fingerprint density at radius 1 is 1.33 bits per heavy atom. The number of rotatable bonds is 2. The maximum atomic E-state index is 13.1. The molecule has 0 radical (unpaired) electrons. The Kier molecular flexibility index (Phi) is 3.57. The molecule has 0 aliphatic heterocycles. The van der Waals surface area contributed by atoms with E-state index in [0.717, 1.165) is 34.6 Å². The van der Waals surface area contributed by atoms with Crippen molar-refractivity contribution in [2.24, 2.45) is 0 Å². The van der Waals surface area contributed by atoms with Crippen LogP contribution in [0.2, 0.25) is 0 Å². The zero-order valence-corrected chi connectivity index (χ0v) is 11.5. The molecular formula is C14H15FN2S. The lowest BCUT2D eigenvalue weighted by Gasteiger charge is -2.11. The minimum Gasteiger partial charge on any atom is -0.343 e. The van der Waals surface area contributed by atoms with Gasteiger partial charge in [-0.1, -0.05) is 19.1 Å². The van der Waals surface area contributed by atoms with E-state index in [1.54, 1.807) is 6.07 Å². The van der Waals surface area contributed by atoms with Crippen LogP contribution in [0.3, 0.4) is 0 Å². The molecule has 94 valence electrons. The van der Waals surface area contributed by atoms with E-state index in [4.69, 9.17) is 12.2 Å². The number of aromatic amines is 1. The fourth-order valence-electron chi connectivity index (χ4n) is 1.92. The number of nitrogens with zero attached hydrogens (tertiary/aromatic N) is 1. The monoisotopic (exact) mass is 262 g/mol. The number of aryl methyl sites for hydroxylation is 2. The highest BCUT2D eigenvalue weighted by molar-refractivity contribution is 7.71. The van der Waals surface area contributed by atoms with Gasteiger partial charge in [0.2, 0.25) is 0 Å². The molecule has 0 saturated heterocycles. The maximum Gasteiger partial charge on any atom is 0.133 e. The smallest absolute Gasteiger partial charge is 0.133 e. The summed E-state index contributed by atoms with van der Waals surface area (Å²) in [6.07, 6.45) is 0.789. The predicted octanol–water partition coefficient (Wildman–Crippen LogP) is 4.12. The van der Waals surface area contributed by atoms with Crippen LogP contribution in [0.1, 0.15) is 23.9 Å². The molecule has 0 unspecified atom stereocenters. The summed E-state index contributed by atoms with van der Waals surface area (Å²) in [6, 6.07) is 4.76. The van der Waals surface area contributed by atoms with Crippen molar-refractivity contribution < 1.29 is 4.39 Å². The lowest BCUT2D eigenvalue weighted by molar-refractivity contribution is 0.627. The molecule has 0 amide bonds. The second-order valence-electron chi connectivity index (χ2n) is 4.30. The van der Waals surface area contributed by atoms with Gasteiger partial charge in [-0.2, -0.15) is 0 Å². The highest BCUT2D eigenvalue weighted by Crippen LogP contribution is 2.25. The summed E-state index contributed by atoms with van der Waals surface area (Å²) in [5.41, 5.74) is 3.72. The predicted molar refractivity (Wildman–Crippen MR) is 73.7 cm³/mol. The Labute approximate surface area is 111 Å². The quantitative estimate of drug-likeness (QED) is 0.825. The van der Waals surface area contributed by atoms with Crippen LogP contribution in [0.25, 0.3) is 11.3 Å². The lowest BCUT2D eigenvalue weighted by atomic mass is 10.0. The average Bonchev–Trinajstić information content (AvgIpc) is 2.33. The second-order valence-corrected chi connectivity index (χ2v) is 4.69. The van der Waals surface area contributed by atoms with E-state index in [0.29, 0.717) is 4.64 Å². The van der Waals surface area contributed by atoms with Gasteiger partial charge in [-0.3, -0.25) is 0 Å². The van der Waals surface area contributed by atoms with Gasteiger partial charge in [0.05, 0.1) is 5.69 Å². The molecule has 2 aromatic rings. The number of halogens is 1. The molecular weight excluding hydrogens is 247 g/mol.